The number of rotatable bonds is 4. The summed E-state index contributed by atoms with van der Waals surface area (Å²) in [4.78, 5) is 19.9. The van der Waals surface area contributed by atoms with Crippen LogP contribution >= 0.6 is 11.8 Å². The maximum absolute atomic E-state index is 13.1. The predicted molar refractivity (Wildman–Crippen MR) is 119 cm³/mol. The molecule has 29 heavy (non-hydrogen) atoms. The van der Waals surface area contributed by atoms with Crippen molar-refractivity contribution in [2.45, 2.75) is 24.5 Å². The number of aromatic nitrogens is 2. The molecule has 144 valence electrons. The highest BCUT2D eigenvalue weighted by Crippen LogP contribution is 2.33. The summed E-state index contributed by atoms with van der Waals surface area (Å²) in [5.41, 5.74) is 5.33. The van der Waals surface area contributed by atoms with Crippen molar-refractivity contribution >= 4 is 34.4 Å². The molecular weight excluding hydrogens is 378 g/mol. The number of nitrogens with zero attached hydrogens (tertiary/aromatic N) is 3. The van der Waals surface area contributed by atoms with Crippen LogP contribution in [-0.2, 0) is 11.2 Å². The molecule has 1 aliphatic rings. The van der Waals surface area contributed by atoms with Gasteiger partial charge >= 0.3 is 0 Å². The van der Waals surface area contributed by atoms with E-state index in [0.29, 0.717) is 5.75 Å². The second kappa shape index (κ2) is 7.41. The van der Waals surface area contributed by atoms with Crippen molar-refractivity contribution in [1.29, 1.82) is 0 Å². The summed E-state index contributed by atoms with van der Waals surface area (Å²) in [5, 5.41) is 0.839. The smallest absolute Gasteiger partial charge is 0.237 e. The van der Waals surface area contributed by atoms with Crippen LogP contribution in [0.5, 0.6) is 0 Å². The fourth-order valence-electron chi connectivity index (χ4n) is 4.07. The summed E-state index contributed by atoms with van der Waals surface area (Å²) >= 11 is 1.50. The summed E-state index contributed by atoms with van der Waals surface area (Å²) in [6.45, 7) is 2.11. The fraction of sp³-hybridized carbons (Fsp3) is 0.167. The molecule has 4 nitrogen and oxygen atoms in total. The Morgan fingerprint density at radius 3 is 2.59 bits per heavy atom. The summed E-state index contributed by atoms with van der Waals surface area (Å²) in [6, 6.07) is 26.7. The minimum atomic E-state index is 0.124. The van der Waals surface area contributed by atoms with Crippen molar-refractivity contribution in [2.24, 2.45) is 0 Å². The molecule has 0 radical (unpaired) electrons. The normalized spacial score (nSPS) is 15.6. The van der Waals surface area contributed by atoms with Gasteiger partial charge < -0.3 is 4.90 Å². The van der Waals surface area contributed by atoms with E-state index in [1.807, 2.05) is 59.5 Å². The van der Waals surface area contributed by atoms with Crippen LogP contribution < -0.4 is 4.90 Å². The molecule has 1 aromatic heterocycles. The van der Waals surface area contributed by atoms with E-state index < -0.39 is 0 Å². The van der Waals surface area contributed by atoms with Gasteiger partial charge in [-0.05, 0) is 49.2 Å². The minimum Gasteiger partial charge on any atom is -0.308 e. The first-order valence-electron chi connectivity index (χ1n) is 9.78. The lowest BCUT2D eigenvalue weighted by molar-refractivity contribution is -0.116. The summed E-state index contributed by atoms with van der Waals surface area (Å²) in [6.07, 6.45) is 0.912. The molecule has 0 aliphatic carbocycles. The number of para-hydroxylation sites is 4. The van der Waals surface area contributed by atoms with Crippen molar-refractivity contribution in [3.8, 4) is 5.69 Å². The number of carbonyl (C=O) groups excluding carboxylic acids is 1. The fourth-order valence-corrected chi connectivity index (χ4v) is 4.96. The van der Waals surface area contributed by atoms with E-state index >= 15 is 0 Å². The number of amides is 1. The number of benzene rings is 3. The average Bonchev–Trinajstić information content (AvgIpc) is 3.29. The molecule has 0 saturated heterocycles. The van der Waals surface area contributed by atoms with Gasteiger partial charge in [0.1, 0.15) is 0 Å². The lowest BCUT2D eigenvalue weighted by Gasteiger charge is -2.22. The number of thioether (sulfide) groups is 1. The monoisotopic (exact) mass is 399 g/mol. The molecule has 5 rings (SSSR count). The maximum Gasteiger partial charge on any atom is 0.237 e. The largest absolute Gasteiger partial charge is 0.308 e. The highest BCUT2D eigenvalue weighted by molar-refractivity contribution is 7.99. The number of fused-ring (bicyclic) bond motifs is 2. The minimum absolute atomic E-state index is 0.124. The van der Waals surface area contributed by atoms with E-state index in [1.54, 1.807) is 0 Å². The number of imidazole rings is 1. The van der Waals surface area contributed by atoms with E-state index in [0.717, 1.165) is 34.0 Å². The Morgan fingerprint density at radius 2 is 1.72 bits per heavy atom. The summed E-state index contributed by atoms with van der Waals surface area (Å²) in [7, 11) is 0. The van der Waals surface area contributed by atoms with Crippen LogP contribution in [0.25, 0.3) is 16.7 Å². The highest BCUT2D eigenvalue weighted by atomic mass is 32.2. The van der Waals surface area contributed by atoms with Gasteiger partial charge in [-0.25, -0.2) is 4.98 Å². The molecular formula is C24H21N3OS. The molecule has 0 N–H and O–H groups in total. The van der Waals surface area contributed by atoms with Gasteiger partial charge in [0.05, 0.1) is 16.8 Å². The second-order valence-corrected chi connectivity index (χ2v) is 8.23. The molecule has 1 aliphatic heterocycles. The Kier molecular flexibility index (Phi) is 4.60. The van der Waals surface area contributed by atoms with Crippen molar-refractivity contribution < 1.29 is 4.79 Å². The van der Waals surface area contributed by atoms with Crippen LogP contribution in [0.2, 0.25) is 0 Å². The number of hydrogen-bond donors (Lipinski definition) is 0. The molecule has 0 spiro atoms. The first-order valence-corrected chi connectivity index (χ1v) is 10.8. The molecule has 2 heterocycles. The van der Waals surface area contributed by atoms with E-state index in [4.69, 9.17) is 4.98 Å². The molecule has 0 saturated carbocycles. The van der Waals surface area contributed by atoms with Gasteiger partial charge in [0.15, 0.2) is 5.16 Å². The van der Waals surface area contributed by atoms with E-state index in [9.17, 15) is 4.79 Å². The Bertz CT molecular complexity index is 1190. The van der Waals surface area contributed by atoms with E-state index in [-0.39, 0.29) is 11.9 Å². The lowest BCUT2D eigenvalue weighted by atomic mass is 10.1. The molecule has 0 bridgehead atoms. The van der Waals surface area contributed by atoms with Crippen molar-refractivity contribution in [3.63, 3.8) is 0 Å². The zero-order valence-corrected chi connectivity index (χ0v) is 17.0. The summed E-state index contributed by atoms with van der Waals surface area (Å²) in [5.74, 6) is 0.480. The lowest BCUT2D eigenvalue weighted by Crippen LogP contribution is -2.37. The van der Waals surface area contributed by atoms with Crippen LogP contribution in [0.4, 0.5) is 5.69 Å². The third kappa shape index (κ3) is 3.21. The molecule has 1 unspecified atom stereocenters. The van der Waals surface area contributed by atoms with Crippen molar-refractivity contribution in [2.75, 3.05) is 10.7 Å². The highest BCUT2D eigenvalue weighted by Gasteiger charge is 2.30. The van der Waals surface area contributed by atoms with E-state index in [2.05, 4.69) is 35.8 Å². The van der Waals surface area contributed by atoms with E-state index in [1.165, 1.54) is 17.3 Å². The second-order valence-electron chi connectivity index (χ2n) is 7.29. The zero-order chi connectivity index (χ0) is 19.8. The third-order valence-corrected chi connectivity index (χ3v) is 6.27. The van der Waals surface area contributed by atoms with Crippen LogP contribution in [0.15, 0.2) is 84.0 Å². The molecule has 1 atom stereocenters. The first kappa shape index (κ1) is 18.0. The van der Waals surface area contributed by atoms with Crippen molar-refractivity contribution in [3.05, 3.63) is 84.4 Å². The van der Waals surface area contributed by atoms with Gasteiger partial charge in [-0.3, -0.25) is 9.36 Å². The quantitative estimate of drug-likeness (QED) is 0.448. The maximum atomic E-state index is 13.1. The topological polar surface area (TPSA) is 38.1 Å². The van der Waals surface area contributed by atoms with Crippen LogP contribution in [0.1, 0.15) is 12.5 Å². The molecule has 4 aromatic rings. The van der Waals surface area contributed by atoms with Crippen LogP contribution in [0, 0.1) is 0 Å². The van der Waals surface area contributed by atoms with Gasteiger partial charge in [0.25, 0.3) is 0 Å². The van der Waals surface area contributed by atoms with Crippen LogP contribution in [0.3, 0.4) is 0 Å². The zero-order valence-electron chi connectivity index (χ0n) is 16.2. The Hall–Kier alpha value is -3.05. The molecule has 1 amide bonds. The van der Waals surface area contributed by atoms with Crippen molar-refractivity contribution in [1.82, 2.24) is 9.55 Å². The Labute approximate surface area is 174 Å². The SMILES string of the molecule is CC1Cc2ccccc2N1C(=O)CSc1nc2ccccc2n1-c1ccccc1. The van der Waals surface area contributed by atoms with Gasteiger partial charge in [0, 0.05) is 17.4 Å². The van der Waals surface area contributed by atoms with Gasteiger partial charge in [-0.1, -0.05) is 60.3 Å². The van der Waals surface area contributed by atoms with Crippen LogP contribution in [-0.4, -0.2) is 27.3 Å². The van der Waals surface area contributed by atoms with Gasteiger partial charge in [0.2, 0.25) is 5.91 Å². The Balaban J connectivity index is 1.45. The first-order chi connectivity index (χ1) is 14.2. The number of anilines is 1. The molecule has 3 aromatic carbocycles. The number of carbonyl (C=O) groups is 1. The molecule has 0 fully saturated rings. The summed E-state index contributed by atoms with van der Waals surface area (Å²) < 4.78 is 2.13. The molecule has 5 heteroatoms. The van der Waals surface area contributed by atoms with Gasteiger partial charge in [-0.15, -0.1) is 0 Å². The average molecular weight is 400 g/mol. The predicted octanol–water partition coefficient (Wildman–Crippen LogP) is 5.10. The Morgan fingerprint density at radius 1 is 1.00 bits per heavy atom. The third-order valence-electron chi connectivity index (χ3n) is 5.35. The standard InChI is InChI=1S/C24H21N3OS/c1-17-15-18-9-5-7-13-21(18)26(17)23(28)16-29-24-25-20-12-6-8-14-22(20)27(24)19-10-3-2-4-11-19/h2-14,17H,15-16H2,1H3. The number of hydrogen-bond acceptors (Lipinski definition) is 3. The van der Waals surface area contributed by atoms with Gasteiger partial charge in [-0.2, -0.15) is 0 Å².